The zero-order valence-corrected chi connectivity index (χ0v) is 11.7. The molecule has 1 aromatic heterocycles. The van der Waals surface area contributed by atoms with Crippen LogP contribution in [0.4, 0.5) is 5.69 Å². The van der Waals surface area contributed by atoms with Crippen LogP contribution < -0.4 is 16.6 Å². The summed E-state index contributed by atoms with van der Waals surface area (Å²) in [5.74, 6) is -0.631. The van der Waals surface area contributed by atoms with Crippen molar-refractivity contribution in [2.75, 3.05) is 5.73 Å². The molecule has 1 aromatic carbocycles. The van der Waals surface area contributed by atoms with E-state index in [1.54, 1.807) is 12.1 Å². The minimum atomic E-state index is -0.320. The third-order valence-electron chi connectivity index (χ3n) is 2.43. The lowest BCUT2D eigenvalue weighted by molar-refractivity contribution is -0.127. The molecule has 4 N–H and O–H groups in total. The molecule has 2 aromatic rings. The van der Waals surface area contributed by atoms with Crippen molar-refractivity contribution in [1.29, 1.82) is 0 Å². The van der Waals surface area contributed by atoms with Crippen molar-refractivity contribution in [2.45, 2.75) is 13.3 Å². The molecule has 0 aliphatic carbocycles. The Balaban J connectivity index is 2.00. The van der Waals surface area contributed by atoms with Crippen LogP contribution in [0.15, 0.2) is 29.6 Å². The molecule has 7 heteroatoms. The molecule has 0 saturated heterocycles. The normalized spacial score (nSPS) is 10.1. The molecule has 0 aliphatic heterocycles. The van der Waals surface area contributed by atoms with E-state index in [0.717, 1.165) is 10.6 Å². The van der Waals surface area contributed by atoms with Crippen LogP contribution in [0.5, 0.6) is 0 Å². The summed E-state index contributed by atoms with van der Waals surface area (Å²) in [5, 5.41) is 2.64. The molecule has 0 bridgehead atoms. The van der Waals surface area contributed by atoms with Crippen LogP contribution in [-0.4, -0.2) is 16.8 Å². The number of rotatable bonds is 3. The van der Waals surface area contributed by atoms with Crippen molar-refractivity contribution in [3.05, 3.63) is 35.3 Å². The SMILES string of the molecule is CC(=O)NNC(=O)Cc1csc(-c2ccc(N)cc2)n1. The van der Waals surface area contributed by atoms with E-state index in [2.05, 4.69) is 15.8 Å². The first-order valence-electron chi connectivity index (χ1n) is 5.90. The Bertz CT molecular complexity index is 622. The molecule has 0 fully saturated rings. The minimum absolute atomic E-state index is 0.117. The number of anilines is 1. The quantitative estimate of drug-likeness (QED) is 0.582. The van der Waals surface area contributed by atoms with Crippen LogP contribution in [0.3, 0.4) is 0 Å². The zero-order chi connectivity index (χ0) is 14.5. The molecule has 20 heavy (non-hydrogen) atoms. The third-order valence-corrected chi connectivity index (χ3v) is 3.37. The van der Waals surface area contributed by atoms with E-state index in [0.29, 0.717) is 11.4 Å². The predicted octanol–water partition coefficient (Wildman–Crippen LogP) is 1.10. The van der Waals surface area contributed by atoms with Crippen molar-refractivity contribution in [3.8, 4) is 10.6 Å². The number of nitrogens with two attached hydrogens (primary N) is 1. The molecular formula is C13H14N4O2S. The molecule has 0 atom stereocenters. The molecule has 1 heterocycles. The number of carbonyl (C=O) groups is 2. The van der Waals surface area contributed by atoms with Gasteiger partial charge in [0.1, 0.15) is 5.01 Å². The zero-order valence-electron chi connectivity index (χ0n) is 10.8. The van der Waals surface area contributed by atoms with Crippen molar-refractivity contribution in [2.24, 2.45) is 0 Å². The first kappa shape index (κ1) is 14.0. The second kappa shape index (κ2) is 6.16. The van der Waals surface area contributed by atoms with E-state index >= 15 is 0 Å². The van der Waals surface area contributed by atoms with Crippen molar-refractivity contribution >= 4 is 28.8 Å². The van der Waals surface area contributed by atoms with E-state index in [-0.39, 0.29) is 18.2 Å². The Morgan fingerprint density at radius 2 is 1.95 bits per heavy atom. The number of nitrogens with one attached hydrogen (secondary N) is 2. The summed E-state index contributed by atoms with van der Waals surface area (Å²) in [4.78, 5) is 26.6. The van der Waals surface area contributed by atoms with E-state index < -0.39 is 0 Å². The molecule has 0 spiro atoms. The molecule has 0 unspecified atom stereocenters. The molecule has 2 rings (SSSR count). The number of hydrogen-bond donors (Lipinski definition) is 3. The van der Waals surface area contributed by atoms with Crippen LogP contribution in [0.2, 0.25) is 0 Å². The van der Waals surface area contributed by atoms with Crippen LogP contribution in [0.1, 0.15) is 12.6 Å². The molecule has 0 aliphatic rings. The van der Waals surface area contributed by atoms with Gasteiger partial charge in [-0.15, -0.1) is 11.3 Å². The van der Waals surface area contributed by atoms with Crippen LogP contribution in [0.25, 0.3) is 10.6 Å². The van der Waals surface area contributed by atoms with Crippen molar-refractivity contribution in [1.82, 2.24) is 15.8 Å². The Morgan fingerprint density at radius 1 is 1.25 bits per heavy atom. The van der Waals surface area contributed by atoms with Gasteiger partial charge < -0.3 is 5.73 Å². The molecule has 6 nitrogen and oxygen atoms in total. The van der Waals surface area contributed by atoms with Gasteiger partial charge in [-0.1, -0.05) is 0 Å². The number of benzene rings is 1. The number of thiazole rings is 1. The molecule has 0 saturated carbocycles. The highest BCUT2D eigenvalue weighted by atomic mass is 32.1. The van der Waals surface area contributed by atoms with Crippen LogP contribution in [0, 0.1) is 0 Å². The number of carbonyl (C=O) groups excluding carboxylic acids is 2. The smallest absolute Gasteiger partial charge is 0.244 e. The fourth-order valence-electron chi connectivity index (χ4n) is 1.51. The number of amides is 2. The summed E-state index contributed by atoms with van der Waals surface area (Å²) >= 11 is 1.46. The number of hydrogen-bond acceptors (Lipinski definition) is 5. The summed E-state index contributed by atoms with van der Waals surface area (Å²) in [7, 11) is 0. The Kier molecular flexibility index (Phi) is 4.31. The van der Waals surface area contributed by atoms with E-state index in [9.17, 15) is 9.59 Å². The summed E-state index contributed by atoms with van der Waals surface area (Å²) in [6.45, 7) is 1.32. The maximum Gasteiger partial charge on any atom is 0.244 e. The van der Waals surface area contributed by atoms with Gasteiger partial charge in [-0.25, -0.2) is 4.98 Å². The predicted molar refractivity (Wildman–Crippen MR) is 77.6 cm³/mol. The van der Waals surface area contributed by atoms with Crippen LogP contribution in [-0.2, 0) is 16.0 Å². The maximum atomic E-state index is 11.5. The second-order valence-corrected chi connectivity index (χ2v) is 5.03. The number of nitrogen functional groups attached to an aromatic ring is 1. The number of nitrogens with zero attached hydrogens (tertiary/aromatic N) is 1. The average Bonchev–Trinajstić information content (AvgIpc) is 2.85. The van der Waals surface area contributed by atoms with Gasteiger partial charge in [-0.05, 0) is 24.3 Å². The third kappa shape index (κ3) is 3.79. The lowest BCUT2D eigenvalue weighted by Gasteiger charge is -2.02. The molecular weight excluding hydrogens is 276 g/mol. The Hall–Kier alpha value is -2.41. The summed E-state index contributed by atoms with van der Waals surface area (Å²) in [6.07, 6.45) is 0.117. The fourth-order valence-corrected chi connectivity index (χ4v) is 2.34. The summed E-state index contributed by atoms with van der Waals surface area (Å²) in [6, 6.07) is 7.38. The van der Waals surface area contributed by atoms with E-state index in [1.807, 2.05) is 17.5 Å². The van der Waals surface area contributed by atoms with Gasteiger partial charge in [0.05, 0.1) is 12.1 Å². The monoisotopic (exact) mass is 290 g/mol. The van der Waals surface area contributed by atoms with Gasteiger partial charge >= 0.3 is 0 Å². The average molecular weight is 290 g/mol. The highest BCUT2D eigenvalue weighted by Gasteiger charge is 2.09. The summed E-state index contributed by atoms with van der Waals surface area (Å²) in [5.41, 5.74) is 12.5. The standard InChI is InChI=1S/C13H14N4O2S/c1-8(18)16-17-12(19)6-11-7-20-13(15-11)9-2-4-10(14)5-3-9/h2-5,7H,6,14H2,1H3,(H,16,18)(H,17,19). The Morgan fingerprint density at radius 3 is 2.60 bits per heavy atom. The summed E-state index contributed by atoms with van der Waals surface area (Å²) < 4.78 is 0. The number of hydrazine groups is 1. The van der Waals surface area contributed by atoms with Gasteiger partial charge in [0.2, 0.25) is 11.8 Å². The first-order chi connectivity index (χ1) is 9.54. The minimum Gasteiger partial charge on any atom is -0.399 e. The lowest BCUT2D eigenvalue weighted by atomic mass is 10.2. The van der Waals surface area contributed by atoms with Gasteiger partial charge in [-0.2, -0.15) is 0 Å². The van der Waals surface area contributed by atoms with Gasteiger partial charge in [-0.3, -0.25) is 20.4 Å². The largest absolute Gasteiger partial charge is 0.399 e. The lowest BCUT2D eigenvalue weighted by Crippen LogP contribution is -2.41. The first-order valence-corrected chi connectivity index (χ1v) is 6.78. The molecule has 2 amide bonds. The highest BCUT2D eigenvalue weighted by molar-refractivity contribution is 7.13. The van der Waals surface area contributed by atoms with Gasteiger partial charge in [0, 0.05) is 23.6 Å². The van der Waals surface area contributed by atoms with Gasteiger partial charge in [0.15, 0.2) is 0 Å². The van der Waals surface area contributed by atoms with E-state index in [4.69, 9.17) is 5.73 Å². The van der Waals surface area contributed by atoms with Gasteiger partial charge in [0.25, 0.3) is 0 Å². The topological polar surface area (TPSA) is 97.1 Å². The molecule has 104 valence electrons. The number of aromatic nitrogens is 1. The Labute approximate surface area is 120 Å². The van der Waals surface area contributed by atoms with Crippen molar-refractivity contribution in [3.63, 3.8) is 0 Å². The highest BCUT2D eigenvalue weighted by Crippen LogP contribution is 2.24. The molecule has 0 radical (unpaired) electrons. The fraction of sp³-hybridized carbons (Fsp3) is 0.154. The van der Waals surface area contributed by atoms with Crippen LogP contribution >= 0.6 is 11.3 Å². The maximum absolute atomic E-state index is 11.5. The van der Waals surface area contributed by atoms with E-state index in [1.165, 1.54) is 18.3 Å². The second-order valence-electron chi connectivity index (χ2n) is 4.17. The van der Waals surface area contributed by atoms with Crippen molar-refractivity contribution < 1.29 is 9.59 Å².